The van der Waals surface area contributed by atoms with Gasteiger partial charge >= 0.3 is 0 Å². The molecule has 0 atom stereocenters. The number of rotatable bonds is 6. The van der Waals surface area contributed by atoms with Crippen molar-refractivity contribution < 1.29 is 4.74 Å². The van der Waals surface area contributed by atoms with Gasteiger partial charge in [0.1, 0.15) is 0 Å². The summed E-state index contributed by atoms with van der Waals surface area (Å²) in [5.41, 5.74) is 6.93. The van der Waals surface area contributed by atoms with E-state index in [-0.39, 0.29) is 5.56 Å². The number of benzene rings is 1. The van der Waals surface area contributed by atoms with E-state index >= 15 is 0 Å². The molecule has 29 heavy (non-hydrogen) atoms. The Labute approximate surface area is 172 Å². The average Bonchev–Trinajstić information content (AvgIpc) is 3.21. The molecule has 0 fully saturated rings. The third-order valence-corrected chi connectivity index (χ3v) is 5.33. The van der Waals surface area contributed by atoms with Crippen molar-refractivity contribution in [2.45, 2.75) is 33.3 Å². The molecule has 150 valence electrons. The summed E-state index contributed by atoms with van der Waals surface area (Å²) in [5, 5.41) is 11.0. The Kier molecular flexibility index (Phi) is 5.25. The van der Waals surface area contributed by atoms with Crippen LogP contribution in [0.1, 0.15) is 28.3 Å². The van der Waals surface area contributed by atoms with Gasteiger partial charge in [0.2, 0.25) is 0 Å². The van der Waals surface area contributed by atoms with Crippen LogP contribution in [-0.2, 0) is 24.2 Å². The predicted molar refractivity (Wildman–Crippen MR) is 112 cm³/mol. The molecule has 2 N–H and O–H groups in total. The highest BCUT2D eigenvalue weighted by atomic mass is 35.5. The minimum atomic E-state index is -0.150. The zero-order valence-electron chi connectivity index (χ0n) is 16.5. The molecule has 0 aliphatic heterocycles. The third-order valence-electron chi connectivity index (χ3n) is 5.08. The number of halogens is 1. The summed E-state index contributed by atoms with van der Waals surface area (Å²) in [7, 11) is 1.62. The number of methoxy groups -OCH3 is 1. The van der Waals surface area contributed by atoms with Crippen molar-refractivity contribution in [1.82, 2.24) is 24.8 Å². The van der Waals surface area contributed by atoms with Crippen molar-refractivity contribution in [3.63, 3.8) is 0 Å². The fourth-order valence-corrected chi connectivity index (χ4v) is 3.75. The molecule has 4 aromatic rings. The first kappa shape index (κ1) is 19.4. The van der Waals surface area contributed by atoms with Crippen LogP contribution in [0.15, 0.2) is 35.1 Å². The number of aromatic nitrogens is 5. The summed E-state index contributed by atoms with van der Waals surface area (Å²) in [6, 6.07) is 9.06. The number of aryl methyl sites for hydroxylation is 3. The van der Waals surface area contributed by atoms with Crippen LogP contribution in [0.2, 0.25) is 5.02 Å². The number of ether oxygens (including phenoxy) is 1. The van der Waals surface area contributed by atoms with E-state index in [1.165, 1.54) is 10.1 Å². The molecular formula is C21H22ClN5O2. The number of hydrogen-bond acceptors (Lipinski definition) is 4. The SMILES string of the molecule is COCc1[nH]n2c(=O)cc(CCc3c(C)n[nH]c3C)nc2c1-c1ccc(Cl)cc1. The van der Waals surface area contributed by atoms with Crippen LogP contribution >= 0.6 is 11.6 Å². The van der Waals surface area contributed by atoms with Gasteiger partial charge in [-0.05, 0) is 49.9 Å². The second-order valence-electron chi connectivity index (χ2n) is 7.06. The summed E-state index contributed by atoms with van der Waals surface area (Å²) in [6.45, 7) is 4.32. The number of nitrogens with one attached hydrogen (secondary N) is 2. The van der Waals surface area contributed by atoms with Crippen LogP contribution in [0.3, 0.4) is 0 Å². The van der Waals surface area contributed by atoms with E-state index in [9.17, 15) is 4.79 Å². The normalized spacial score (nSPS) is 11.4. The monoisotopic (exact) mass is 411 g/mol. The molecule has 1 aromatic carbocycles. The Morgan fingerprint density at radius 1 is 1.17 bits per heavy atom. The maximum Gasteiger partial charge on any atom is 0.272 e. The lowest BCUT2D eigenvalue weighted by molar-refractivity contribution is 0.181. The Morgan fingerprint density at radius 2 is 1.93 bits per heavy atom. The van der Waals surface area contributed by atoms with Gasteiger partial charge in [-0.1, -0.05) is 23.7 Å². The number of aromatic amines is 2. The zero-order valence-corrected chi connectivity index (χ0v) is 17.3. The van der Waals surface area contributed by atoms with Gasteiger partial charge in [-0.2, -0.15) is 5.10 Å². The fourth-order valence-electron chi connectivity index (χ4n) is 3.62. The van der Waals surface area contributed by atoms with Gasteiger partial charge in [-0.25, -0.2) is 9.50 Å². The largest absolute Gasteiger partial charge is 0.378 e. The minimum absolute atomic E-state index is 0.150. The number of H-pyrrole nitrogens is 2. The molecule has 0 amide bonds. The summed E-state index contributed by atoms with van der Waals surface area (Å²) >= 11 is 6.05. The van der Waals surface area contributed by atoms with Gasteiger partial charge < -0.3 is 4.74 Å². The molecule has 0 aliphatic rings. The van der Waals surface area contributed by atoms with Crippen molar-refractivity contribution in [3.05, 3.63) is 74.0 Å². The van der Waals surface area contributed by atoms with Crippen molar-refractivity contribution in [3.8, 4) is 11.1 Å². The number of fused-ring (bicyclic) bond motifs is 1. The third kappa shape index (κ3) is 3.71. The van der Waals surface area contributed by atoms with Gasteiger partial charge in [0, 0.05) is 35.2 Å². The van der Waals surface area contributed by atoms with Gasteiger partial charge in [0.05, 0.1) is 18.0 Å². The second-order valence-corrected chi connectivity index (χ2v) is 7.50. The van der Waals surface area contributed by atoms with E-state index < -0.39 is 0 Å². The molecule has 3 aromatic heterocycles. The Morgan fingerprint density at radius 3 is 2.59 bits per heavy atom. The lowest BCUT2D eigenvalue weighted by Gasteiger charge is -2.05. The Hall–Kier alpha value is -2.90. The van der Waals surface area contributed by atoms with Crippen molar-refractivity contribution in [2.24, 2.45) is 0 Å². The Balaban J connectivity index is 1.80. The van der Waals surface area contributed by atoms with E-state index in [1.54, 1.807) is 13.2 Å². The van der Waals surface area contributed by atoms with E-state index in [2.05, 4.69) is 15.3 Å². The first-order chi connectivity index (χ1) is 14.0. The van der Waals surface area contributed by atoms with Crippen LogP contribution in [0.5, 0.6) is 0 Å². The van der Waals surface area contributed by atoms with Crippen molar-refractivity contribution in [1.29, 1.82) is 0 Å². The lowest BCUT2D eigenvalue weighted by atomic mass is 10.1. The molecular weight excluding hydrogens is 390 g/mol. The summed E-state index contributed by atoms with van der Waals surface area (Å²) in [6.07, 6.45) is 1.42. The quantitative estimate of drug-likeness (QED) is 0.507. The number of nitrogens with zero attached hydrogens (tertiary/aromatic N) is 3. The van der Waals surface area contributed by atoms with Crippen LogP contribution < -0.4 is 5.56 Å². The van der Waals surface area contributed by atoms with Gasteiger partial charge in [-0.3, -0.25) is 15.0 Å². The summed E-state index contributed by atoms with van der Waals surface area (Å²) < 4.78 is 6.79. The van der Waals surface area contributed by atoms with Crippen LogP contribution in [0.4, 0.5) is 0 Å². The molecule has 8 heteroatoms. The van der Waals surface area contributed by atoms with E-state index in [0.717, 1.165) is 40.3 Å². The molecule has 4 rings (SSSR count). The molecule has 0 spiro atoms. The van der Waals surface area contributed by atoms with Crippen molar-refractivity contribution in [2.75, 3.05) is 7.11 Å². The maximum atomic E-state index is 12.8. The zero-order chi connectivity index (χ0) is 20.5. The molecule has 0 bridgehead atoms. The standard InChI is InChI=1S/C21H22ClN5O2/c1-12-17(13(2)25-24-12)9-8-16-10-19(28)27-21(23-16)20(18(26-27)11-29-3)14-4-6-15(22)7-5-14/h4-7,10,26H,8-9,11H2,1-3H3,(H,24,25). The molecule has 3 heterocycles. The summed E-state index contributed by atoms with van der Waals surface area (Å²) in [5.74, 6) is 0. The predicted octanol–water partition coefficient (Wildman–Crippen LogP) is 3.61. The lowest BCUT2D eigenvalue weighted by Crippen LogP contribution is -2.16. The highest BCUT2D eigenvalue weighted by Gasteiger charge is 2.17. The highest BCUT2D eigenvalue weighted by molar-refractivity contribution is 6.30. The topological polar surface area (TPSA) is 88.1 Å². The second kappa shape index (κ2) is 7.85. The first-order valence-electron chi connectivity index (χ1n) is 9.36. The van der Waals surface area contributed by atoms with Gasteiger partial charge in [0.25, 0.3) is 5.56 Å². The number of hydrogen-bond donors (Lipinski definition) is 2. The molecule has 0 saturated heterocycles. The molecule has 0 radical (unpaired) electrons. The van der Waals surface area contributed by atoms with Gasteiger partial charge in [0.15, 0.2) is 5.65 Å². The smallest absolute Gasteiger partial charge is 0.272 e. The molecule has 0 unspecified atom stereocenters. The Bertz CT molecular complexity index is 1200. The van der Waals surface area contributed by atoms with Crippen LogP contribution in [-0.4, -0.2) is 31.9 Å². The highest BCUT2D eigenvalue weighted by Crippen LogP contribution is 2.29. The van der Waals surface area contributed by atoms with E-state index in [4.69, 9.17) is 21.3 Å². The summed E-state index contributed by atoms with van der Waals surface area (Å²) in [4.78, 5) is 17.6. The molecule has 7 nitrogen and oxygen atoms in total. The molecule has 0 saturated carbocycles. The van der Waals surface area contributed by atoms with Gasteiger partial charge in [-0.15, -0.1) is 0 Å². The first-order valence-corrected chi connectivity index (χ1v) is 9.74. The van der Waals surface area contributed by atoms with Crippen LogP contribution in [0, 0.1) is 13.8 Å². The van der Waals surface area contributed by atoms with Crippen LogP contribution in [0.25, 0.3) is 16.8 Å². The van der Waals surface area contributed by atoms with Crippen molar-refractivity contribution >= 4 is 17.2 Å². The minimum Gasteiger partial charge on any atom is -0.378 e. The van der Waals surface area contributed by atoms with E-state index in [1.807, 2.05) is 38.1 Å². The fraction of sp³-hybridized carbons (Fsp3) is 0.286. The average molecular weight is 412 g/mol. The maximum absolute atomic E-state index is 12.8. The molecule has 0 aliphatic carbocycles. The van der Waals surface area contributed by atoms with E-state index in [0.29, 0.717) is 23.7 Å².